The molecule has 3 heterocycles. The molecule has 3 amide bonds. The summed E-state index contributed by atoms with van der Waals surface area (Å²) in [6, 6.07) is 15.8. The van der Waals surface area contributed by atoms with E-state index in [0.29, 0.717) is 37.6 Å². The summed E-state index contributed by atoms with van der Waals surface area (Å²) < 4.78 is 29.9. The number of benzene rings is 2. The SMILES string of the molecule is O=C(OC1CN(C(=O)Cc2ccc(F)cc2)N(C(=O)c2ccnc(Oc3ccccc3)n2)C1)N1CCOCC1. The lowest BCUT2D eigenvalue weighted by atomic mass is 10.1. The molecule has 2 aromatic carbocycles. The minimum absolute atomic E-state index is 0.00401. The van der Waals surface area contributed by atoms with E-state index in [1.807, 2.05) is 6.07 Å². The molecule has 1 unspecified atom stereocenters. The summed E-state index contributed by atoms with van der Waals surface area (Å²) in [7, 11) is 0. The van der Waals surface area contributed by atoms with Crippen LogP contribution in [0, 0.1) is 5.82 Å². The van der Waals surface area contributed by atoms with Crippen LogP contribution < -0.4 is 4.74 Å². The Morgan fingerprint density at radius 2 is 1.67 bits per heavy atom. The average molecular weight is 536 g/mol. The number of hydrogen-bond donors (Lipinski definition) is 0. The summed E-state index contributed by atoms with van der Waals surface area (Å²) in [5.74, 6) is -0.937. The van der Waals surface area contributed by atoms with E-state index in [9.17, 15) is 18.8 Å². The van der Waals surface area contributed by atoms with E-state index in [0.717, 1.165) is 0 Å². The van der Waals surface area contributed by atoms with Gasteiger partial charge < -0.3 is 19.1 Å². The summed E-state index contributed by atoms with van der Waals surface area (Å²) in [6.45, 7) is 1.53. The van der Waals surface area contributed by atoms with Gasteiger partial charge in [-0.1, -0.05) is 30.3 Å². The van der Waals surface area contributed by atoms with E-state index in [4.69, 9.17) is 14.2 Å². The van der Waals surface area contributed by atoms with Crippen LogP contribution in [0.25, 0.3) is 0 Å². The van der Waals surface area contributed by atoms with E-state index >= 15 is 0 Å². The topological polar surface area (TPSA) is 114 Å². The maximum absolute atomic E-state index is 13.6. The third-order valence-corrected chi connectivity index (χ3v) is 6.18. The zero-order valence-corrected chi connectivity index (χ0v) is 20.9. The third kappa shape index (κ3) is 6.47. The lowest BCUT2D eigenvalue weighted by Gasteiger charge is -2.27. The molecule has 2 fully saturated rings. The molecule has 0 radical (unpaired) electrons. The highest BCUT2D eigenvalue weighted by molar-refractivity contribution is 5.94. The number of amides is 3. The van der Waals surface area contributed by atoms with Crippen molar-refractivity contribution in [2.75, 3.05) is 39.4 Å². The summed E-state index contributed by atoms with van der Waals surface area (Å²) in [5, 5.41) is 2.44. The largest absolute Gasteiger partial charge is 0.442 e. The number of aromatic nitrogens is 2. The Morgan fingerprint density at radius 3 is 2.41 bits per heavy atom. The van der Waals surface area contributed by atoms with Crippen molar-refractivity contribution < 1.29 is 33.0 Å². The van der Waals surface area contributed by atoms with Gasteiger partial charge in [0, 0.05) is 19.3 Å². The van der Waals surface area contributed by atoms with Crippen molar-refractivity contribution >= 4 is 17.9 Å². The van der Waals surface area contributed by atoms with Gasteiger partial charge in [0.05, 0.1) is 32.7 Å². The summed E-state index contributed by atoms with van der Waals surface area (Å²) in [5.41, 5.74) is 0.568. The second-order valence-corrected chi connectivity index (χ2v) is 8.91. The van der Waals surface area contributed by atoms with Gasteiger partial charge in [-0.2, -0.15) is 4.98 Å². The van der Waals surface area contributed by atoms with Crippen LogP contribution in [0.4, 0.5) is 9.18 Å². The Morgan fingerprint density at radius 1 is 0.949 bits per heavy atom. The molecule has 2 aliphatic rings. The zero-order chi connectivity index (χ0) is 27.2. The number of rotatable bonds is 6. The Kier molecular flexibility index (Phi) is 7.92. The van der Waals surface area contributed by atoms with Crippen LogP contribution >= 0.6 is 0 Å². The monoisotopic (exact) mass is 535 g/mol. The molecule has 0 spiro atoms. The van der Waals surface area contributed by atoms with E-state index in [2.05, 4.69) is 9.97 Å². The number of hydrazine groups is 1. The van der Waals surface area contributed by atoms with E-state index in [-0.39, 0.29) is 31.2 Å². The smallest absolute Gasteiger partial charge is 0.410 e. The lowest BCUT2D eigenvalue weighted by molar-refractivity contribution is -0.139. The van der Waals surface area contributed by atoms with Crippen LogP contribution in [0.1, 0.15) is 16.1 Å². The molecule has 1 atom stereocenters. The molecule has 11 nitrogen and oxygen atoms in total. The predicted octanol–water partition coefficient (Wildman–Crippen LogP) is 2.69. The summed E-state index contributed by atoms with van der Waals surface area (Å²) in [4.78, 5) is 49.4. The molecule has 3 aromatic rings. The molecular formula is C27H26FN5O6. The van der Waals surface area contributed by atoms with Gasteiger partial charge >= 0.3 is 12.1 Å². The zero-order valence-electron chi connectivity index (χ0n) is 20.9. The lowest BCUT2D eigenvalue weighted by Crippen LogP contribution is -2.45. The second-order valence-electron chi connectivity index (χ2n) is 8.91. The van der Waals surface area contributed by atoms with Crippen molar-refractivity contribution in [2.24, 2.45) is 0 Å². The van der Waals surface area contributed by atoms with Gasteiger partial charge in [0.1, 0.15) is 23.4 Å². The minimum atomic E-state index is -0.761. The molecule has 0 aliphatic carbocycles. The molecular weight excluding hydrogens is 509 g/mol. The highest BCUT2D eigenvalue weighted by Gasteiger charge is 2.40. The minimum Gasteiger partial charge on any atom is -0.442 e. The first kappa shape index (κ1) is 26.0. The molecule has 0 bridgehead atoms. The van der Waals surface area contributed by atoms with Gasteiger partial charge in [-0.25, -0.2) is 24.2 Å². The number of para-hydroxylation sites is 1. The number of halogens is 1. The number of hydrogen-bond acceptors (Lipinski definition) is 8. The first-order chi connectivity index (χ1) is 19.0. The van der Waals surface area contributed by atoms with Crippen LogP contribution in [-0.4, -0.2) is 88.3 Å². The molecule has 2 saturated heterocycles. The second kappa shape index (κ2) is 11.9. The molecule has 202 valence electrons. The normalized spacial score (nSPS) is 17.2. The Labute approximate surface area is 223 Å². The van der Waals surface area contributed by atoms with Gasteiger partial charge in [0.15, 0.2) is 0 Å². The quantitative estimate of drug-likeness (QED) is 0.473. The molecule has 1 aromatic heterocycles. The van der Waals surface area contributed by atoms with Crippen molar-refractivity contribution in [3.63, 3.8) is 0 Å². The average Bonchev–Trinajstić information content (AvgIpc) is 3.39. The standard InChI is InChI=1S/C27H26FN5O6/c28-20-8-6-19(7-9-20)16-24(34)32-17-22(39-27(36)31-12-14-37-15-13-31)18-33(32)25(35)23-10-11-29-26(30-23)38-21-4-2-1-3-5-21/h1-11,22H,12-18H2. The maximum Gasteiger partial charge on any atom is 0.410 e. The Hall–Kier alpha value is -4.58. The first-order valence-corrected chi connectivity index (χ1v) is 12.4. The number of nitrogens with zero attached hydrogens (tertiary/aromatic N) is 5. The van der Waals surface area contributed by atoms with Crippen LogP contribution in [0.5, 0.6) is 11.8 Å². The Balaban J connectivity index is 1.34. The van der Waals surface area contributed by atoms with Gasteiger partial charge in [0.2, 0.25) is 5.91 Å². The van der Waals surface area contributed by atoms with Crippen molar-refractivity contribution in [3.05, 3.63) is 83.9 Å². The fourth-order valence-electron chi connectivity index (χ4n) is 4.21. The van der Waals surface area contributed by atoms with Crippen LogP contribution in [0.2, 0.25) is 0 Å². The molecule has 0 N–H and O–H groups in total. The number of carbonyl (C=O) groups is 3. The predicted molar refractivity (Wildman–Crippen MR) is 134 cm³/mol. The fraction of sp³-hybridized carbons (Fsp3) is 0.296. The third-order valence-electron chi connectivity index (χ3n) is 6.18. The molecule has 39 heavy (non-hydrogen) atoms. The number of carbonyl (C=O) groups excluding carboxylic acids is 3. The van der Waals surface area contributed by atoms with E-state index < -0.39 is 29.8 Å². The molecule has 2 aliphatic heterocycles. The molecule has 5 rings (SSSR count). The van der Waals surface area contributed by atoms with Crippen LogP contribution in [0.3, 0.4) is 0 Å². The van der Waals surface area contributed by atoms with Crippen molar-refractivity contribution in [1.82, 2.24) is 24.9 Å². The first-order valence-electron chi connectivity index (χ1n) is 12.4. The fourth-order valence-corrected chi connectivity index (χ4v) is 4.21. The van der Waals surface area contributed by atoms with Crippen molar-refractivity contribution in [3.8, 4) is 11.8 Å². The highest BCUT2D eigenvalue weighted by atomic mass is 19.1. The van der Waals surface area contributed by atoms with Crippen molar-refractivity contribution in [2.45, 2.75) is 12.5 Å². The summed E-state index contributed by atoms with van der Waals surface area (Å²) in [6.07, 6.45) is 0.00246. The van der Waals surface area contributed by atoms with E-state index in [1.165, 1.54) is 51.4 Å². The van der Waals surface area contributed by atoms with Crippen LogP contribution in [0.15, 0.2) is 66.9 Å². The number of ether oxygens (including phenoxy) is 3. The Bertz CT molecular complexity index is 1320. The maximum atomic E-state index is 13.6. The van der Waals surface area contributed by atoms with Gasteiger partial charge in [-0.15, -0.1) is 0 Å². The van der Waals surface area contributed by atoms with Crippen molar-refractivity contribution in [1.29, 1.82) is 0 Å². The molecule has 12 heteroatoms. The number of morpholine rings is 1. The molecule has 0 saturated carbocycles. The highest BCUT2D eigenvalue weighted by Crippen LogP contribution is 2.22. The van der Waals surface area contributed by atoms with E-state index in [1.54, 1.807) is 24.3 Å². The summed E-state index contributed by atoms with van der Waals surface area (Å²) >= 11 is 0. The van der Waals surface area contributed by atoms with Crippen LogP contribution in [-0.2, 0) is 20.7 Å². The van der Waals surface area contributed by atoms with Gasteiger partial charge in [-0.3, -0.25) is 9.59 Å². The van der Waals surface area contributed by atoms with Gasteiger partial charge in [-0.05, 0) is 35.9 Å². The van der Waals surface area contributed by atoms with Gasteiger partial charge in [0.25, 0.3) is 5.91 Å².